The molecule has 0 spiro atoms. The summed E-state index contributed by atoms with van der Waals surface area (Å²) < 4.78 is 0. The second kappa shape index (κ2) is 6.57. The average Bonchev–Trinajstić information content (AvgIpc) is 2.92. The van der Waals surface area contributed by atoms with Gasteiger partial charge in [-0.05, 0) is 43.7 Å². The van der Waals surface area contributed by atoms with Crippen molar-refractivity contribution in [1.82, 2.24) is 9.88 Å². The first-order valence-electron chi connectivity index (χ1n) is 7.93. The Kier molecular flexibility index (Phi) is 5.03. The lowest BCUT2D eigenvalue weighted by Crippen LogP contribution is -2.36. The molecule has 1 saturated carbocycles. The Labute approximate surface area is 123 Å². The molecular formula is C17H29N3. The number of anilines is 1. The lowest BCUT2D eigenvalue weighted by atomic mass is 10.1. The third-order valence-corrected chi connectivity index (χ3v) is 4.47. The topological polar surface area (TPSA) is 42.2 Å². The van der Waals surface area contributed by atoms with Crippen LogP contribution in [0.1, 0.15) is 56.4 Å². The summed E-state index contributed by atoms with van der Waals surface area (Å²) in [6, 6.07) is 0.737. The van der Waals surface area contributed by atoms with Gasteiger partial charge in [0, 0.05) is 31.0 Å². The third-order valence-electron chi connectivity index (χ3n) is 4.47. The molecule has 0 atom stereocenters. The molecule has 0 radical (unpaired) electrons. The molecule has 20 heavy (non-hydrogen) atoms. The zero-order valence-electron chi connectivity index (χ0n) is 13.4. The lowest BCUT2D eigenvalue weighted by Gasteiger charge is -2.30. The molecule has 2 rings (SSSR count). The number of pyridine rings is 1. The minimum absolute atomic E-state index is 0.693. The van der Waals surface area contributed by atoms with Gasteiger partial charge in [-0.25, -0.2) is 0 Å². The fraction of sp³-hybridized carbons (Fsp3) is 0.706. The molecule has 2 N–H and O–H groups in total. The molecule has 112 valence electrons. The van der Waals surface area contributed by atoms with Crippen LogP contribution >= 0.6 is 0 Å². The smallest absolute Gasteiger partial charge is 0.0593 e. The molecule has 1 heterocycles. The van der Waals surface area contributed by atoms with Crippen molar-refractivity contribution in [1.29, 1.82) is 0 Å². The molecule has 1 aliphatic carbocycles. The Balaban J connectivity index is 2.16. The number of hydrogen-bond acceptors (Lipinski definition) is 3. The van der Waals surface area contributed by atoms with Gasteiger partial charge < -0.3 is 5.73 Å². The molecule has 0 bridgehead atoms. The summed E-state index contributed by atoms with van der Waals surface area (Å²) in [5.74, 6) is 0.693. The van der Waals surface area contributed by atoms with E-state index in [0.29, 0.717) is 5.92 Å². The van der Waals surface area contributed by atoms with Crippen molar-refractivity contribution in [3.63, 3.8) is 0 Å². The van der Waals surface area contributed by atoms with E-state index in [1.165, 1.54) is 25.7 Å². The maximum Gasteiger partial charge on any atom is 0.0593 e. The van der Waals surface area contributed by atoms with Crippen molar-refractivity contribution in [2.45, 2.75) is 66.0 Å². The van der Waals surface area contributed by atoms with E-state index in [4.69, 9.17) is 5.73 Å². The summed E-state index contributed by atoms with van der Waals surface area (Å²) in [6.07, 6.45) is 7.35. The zero-order valence-corrected chi connectivity index (χ0v) is 13.4. The Hall–Kier alpha value is -1.09. The SMILES string of the molecule is Cc1cnc(CN(CC(C)C)C2CCCC2)c(C)c1N. The number of rotatable bonds is 5. The van der Waals surface area contributed by atoms with Crippen molar-refractivity contribution in [3.8, 4) is 0 Å². The van der Waals surface area contributed by atoms with E-state index < -0.39 is 0 Å². The van der Waals surface area contributed by atoms with Crippen LogP contribution in [0.3, 0.4) is 0 Å². The van der Waals surface area contributed by atoms with E-state index in [1.807, 2.05) is 13.1 Å². The van der Waals surface area contributed by atoms with Crippen LogP contribution in [0.15, 0.2) is 6.20 Å². The van der Waals surface area contributed by atoms with Crippen LogP contribution in [-0.2, 0) is 6.54 Å². The largest absolute Gasteiger partial charge is 0.398 e. The number of aryl methyl sites for hydroxylation is 1. The number of nitrogens with two attached hydrogens (primary N) is 1. The minimum atomic E-state index is 0.693. The summed E-state index contributed by atoms with van der Waals surface area (Å²) in [5, 5.41) is 0. The molecule has 1 aromatic heterocycles. The first-order chi connectivity index (χ1) is 9.49. The Morgan fingerprint density at radius 1 is 1.30 bits per heavy atom. The van der Waals surface area contributed by atoms with E-state index in [-0.39, 0.29) is 0 Å². The van der Waals surface area contributed by atoms with E-state index in [9.17, 15) is 0 Å². The standard InChI is InChI=1S/C17H29N3/c1-12(2)10-20(15-7-5-6-8-15)11-16-14(4)17(18)13(3)9-19-16/h9,12,15H,5-8,10-11H2,1-4H3,(H2,18,19). The molecule has 0 unspecified atom stereocenters. The van der Waals surface area contributed by atoms with Crippen LogP contribution in [-0.4, -0.2) is 22.5 Å². The minimum Gasteiger partial charge on any atom is -0.398 e. The van der Waals surface area contributed by atoms with Crippen LogP contribution in [0.2, 0.25) is 0 Å². The molecular weight excluding hydrogens is 246 g/mol. The van der Waals surface area contributed by atoms with Crippen LogP contribution in [0, 0.1) is 19.8 Å². The van der Waals surface area contributed by atoms with Crippen LogP contribution in [0.25, 0.3) is 0 Å². The van der Waals surface area contributed by atoms with Gasteiger partial charge >= 0.3 is 0 Å². The van der Waals surface area contributed by atoms with Crippen molar-refractivity contribution in [2.24, 2.45) is 5.92 Å². The summed E-state index contributed by atoms with van der Waals surface area (Å²) in [7, 11) is 0. The fourth-order valence-electron chi connectivity index (χ4n) is 3.23. The highest BCUT2D eigenvalue weighted by Gasteiger charge is 2.24. The summed E-state index contributed by atoms with van der Waals surface area (Å²) in [4.78, 5) is 7.26. The van der Waals surface area contributed by atoms with Crippen LogP contribution in [0.5, 0.6) is 0 Å². The molecule has 3 nitrogen and oxygen atoms in total. The average molecular weight is 275 g/mol. The van der Waals surface area contributed by atoms with Gasteiger partial charge in [-0.15, -0.1) is 0 Å². The van der Waals surface area contributed by atoms with Gasteiger partial charge in [-0.2, -0.15) is 0 Å². The predicted octanol–water partition coefficient (Wildman–Crippen LogP) is 3.68. The van der Waals surface area contributed by atoms with Gasteiger partial charge in [0.15, 0.2) is 0 Å². The number of nitrogens with zero attached hydrogens (tertiary/aromatic N) is 2. The first kappa shape index (κ1) is 15.3. The normalized spacial score (nSPS) is 16.5. The monoisotopic (exact) mass is 275 g/mol. The van der Waals surface area contributed by atoms with E-state index in [1.54, 1.807) is 0 Å². The molecule has 1 aliphatic rings. The molecule has 0 saturated heterocycles. The molecule has 0 aliphatic heterocycles. The van der Waals surface area contributed by atoms with Crippen LogP contribution < -0.4 is 5.73 Å². The zero-order chi connectivity index (χ0) is 14.7. The quantitative estimate of drug-likeness (QED) is 0.891. The maximum atomic E-state index is 6.15. The Morgan fingerprint density at radius 2 is 1.95 bits per heavy atom. The Morgan fingerprint density at radius 3 is 2.55 bits per heavy atom. The van der Waals surface area contributed by atoms with Crippen molar-refractivity contribution in [2.75, 3.05) is 12.3 Å². The predicted molar refractivity (Wildman–Crippen MR) is 85.6 cm³/mol. The van der Waals surface area contributed by atoms with Gasteiger partial charge in [-0.3, -0.25) is 9.88 Å². The van der Waals surface area contributed by atoms with E-state index in [2.05, 4.69) is 30.7 Å². The maximum absolute atomic E-state index is 6.15. The van der Waals surface area contributed by atoms with Gasteiger partial charge in [0.1, 0.15) is 0 Å². The van der Waals surface area contributed by atoms with E-state index in [0.717, 1.165) is 41.6 Å². The van der Waals surface area contributed by atoms with E-state index >= 15 is 0 Å². The first-order valence-corrected chi connectivity index (χ1v) is 7.93. The van der Waals surface area contributed by atoms with Gasteiger partial charge in [-0.1, -0.05) is 26.7 Å². The third kappa shape index (κ3) is 3.51. The lowest BCUT2D eigenvalue weighted by molar-refractivity contribution is 0.166. The summed E-state index contributed by atoms with van der Waals surface area (Å²) in [6.45, 7) is 10.8. The number of aromatic nitrogens is 1. The second-order valence-electron chi connectivity index (χ2n) is 6.69. The fourth-order valence-corrected chi connectivity index (χ4v) is 3.23. The van der Waals surface area contributed by atoms with Gasteiger partial charge in [0.05, 0.1) is 5.69 Å². The molecule has 0 aromatic carbocycles. The highest BCUT2D eigenvalue weighted by molar-refractivity contribution is 5.53. The molecule has 1 fully saturated rings. The van der Waals surface area contributed by atoms with Crippen molar-refractivity contribution >= 4 is 5.69 Å². The van der Waals surface area contributed by atoms with Crippen LogP contribution in [0.4, 0.5) is 5.69 Å². The van der Waals surface area contributed by atoms with Crippen molar-refractivity contribution < 1.29 is 0 Å². The molecule has 0 amide bonds. The van der Waals surface area contributed by atoms with Crippen molar-refractivity contribution in [3.05, 3.63) is 23.0 Å². The molecule has 1 aromatic rings. The van der Waals surface area contributed by atoms with Gasteiger partial charge in [0.2, 0.25) is 0 Å². The highest BCUT2D eigenvalue weighted by Crippen LogP contribution is 2.27. The summed E-state index contributed by atoms with van der Waals surface area (Å²) in [5.41, 5.74) is 10.5. The van der Waals surface area contributed by atoms with Gasteiger partial charge in [0.25, 0.3) is 0 Å². The Bertz CT molecular complexity index is 448. The summed E-state index contributed by atoms with van der Waals surface area (Å²) >= 11 is 0. The number of hydrogen-bond donors (Lipinski definition) is 1. The highest BCUT2D eigenvalue weighted by atomic mass is 15.2. The number of nitrogen functional groups attached to an aromatic ring is 1. The second-order valence-corrected chi connectivity index (χ2v) is 6.69. The molecule has 3 heteroatoms.